The van der Waals surface area contributed by atoms with Crippen molar-refractivity contribution in [2.24, 2.45) is 7.05 Å². The largest absolute Gasteiger partial charge is 0.347 e. The molecule has 98 valence electrons. The molecule has 1 aliphatic rings. The summed E-state index contributed by atoms with van der Waals surface area (Å²) >= 11 is 0. The van der Waals surface area contributed by atoms with E-state index in [-0.39, 0.29) is 11.9 Å². The second kappa shape index (κ2) is 4.42. The minimum atomic E-state index is 0.0352. The number of hydrogen-bond donors (Lipinski definition) is 2. The highest BCUT2D eigenvalue weighted by Gasteiger charge is 2.23. The van der Waals surface area contributed by atoms with Crippen molar-refractivity contribution in [2.75, 3.05) is 5.32 Å². The highest BCUT2D eigenvalue weighted by molar-refractivity contribution is 5.80. The molecule has 5 nitrogen and oxygen atoms in total. The summed E-state index contributed by atoms with van der Waals surface area (Å²) in [5, 5.41) is 6.12. The van der Waals surface area contributed by atoms with Gasteiger partial charge in [0.2, 0.25) is 11.9 Å². The zero-order valence-electron chi connectivity index (χ0n) is 10.8. The van der Waals surface area contributed by atoms with E-state index in [0.717, 1.165) is 23.4 Å². The molecule has 0 aliphatic carbocycles. The maximum Gasteiger partial charge on any atom is 0.224 e. The molecule has 1 amide bonds. The summed E-state index contributed by atoms with van der Waals surface area (Å²) in [6, 6.07) is 8.02. The first-order chi connectivity index (χ1) is 9.15. The number of fused-ring (bicyclic) bond motifs is 1. The summed E-state index contributed by atoms with van der Waals surface area (Å²) in [6.07, 6.45) is 1.26. The highest BCUT2D eigenvalue weighted by atomic mass is 16.1. The Kier molecular flexibility index (Phi) is 2.74. The van der Waals surface area contributed by atoms with Gasteiger partial charge in [0.25, 0.3) is 0 Å². The van der Waals surface area contributed by atoms with Gasteiger partial charge in [-0.25, -0.2) is 4.98 Å². The second-order valence-corrected chi connectivity index (χ2v) is 4.79. The Hall–Kier alpha value is -2.30. The van der Waals surface area contributed by atoms with Gasteiger partial charge in [0.1, 0.15) is 0 Å². The molecule has 1 aromatic carbocycles. The third kappa shape index (κ3) is 2.07. The number of carbonyl (C=O) groups excluding carboxylic acids is 1. The van der Waals surface area contributed by atoms with Gasteiger partial charge in [-0.1, -0.05) is 18.7 Å². The number of carbonyl (C=O) groups is 1. The lowest BCUT2D eigenvalue weighted by Crippen LogP contribution is -2.39. The van der Waals surface area contributed by atoms with E-state index in [0.29, 0.717) is 12.1 Å². The van der Waals surface area contributed by atoms with E-state index in [1.807, 2.05) is 35.9 Å². The number of rotatable bonds is 2. The molecule has 3 rings (SSSR count). The fraction of sp³-hybridized carbons (Fsp3) is 0.286. The Morgan fingerprint density at radius 3 is 3.00 bits per heavy atom. The van der Waals surface area contributed by atoms with Crippen LogP contribution < -0.4 is 10.6 Å². The van der Waals surface area contributed by atoms with Gasteiger partial charge in [-0.3, -0.25) is 4.79 Å². The van der Waals surface area contributed by atoms with Crippen LogP contribution in [0.25, 0.3) is 11.0 Å². The van der Waals surface area contributed by atoms with E-state index >= 15 is 0 Å². The smallest absolute Gasteiger partial charge is 0.224 e. The molecule has 1 atom stereocenters. The number of para-hydroxylation sites is 2. The molecule has 2 N–H and O–H groups in total. The average Bonchev–Trinajstić information content (AvgIpc) is 2.70. The monoisotopic (exact) mass is 256 g/mol. The number of hydrogen-bond acceptors (Lipinski definition) is 3. The molecule has 0 bridgehead atoms. The molecular weight excluding hydrogens is 240 g/mol. The zero-order valence-corrected chi connectivity index (χ0v) is 10.8. The number of benzene rings is 1. The van der Waals surface area contributed by atoms with Crippen molar-refractivity contribution in [3.05, 3.63) is 36.5 Å². The number of nitrogens with zero attached hydrogens (tertiary/aromatic N) is 2. The van der Waals surface area contributed by atoms with E-state index in [9.17, 15) is 4.79 Å². The summed E-state index contributed by atoms with van der Waals surface area (Å²) in [6.45, 7) is 3.89. The van der Waals surface area contributed by atoms with Crippen LogP contribution in [0.5, 0.6) is 0 Å². The number of nitrogens with one attached hydrogen (secondary N) is 2. The molecule has 1 saturated heterocycles. The van der Waals surface area contributed by atoms with E-state index in [4.69, 9.17) is 0 Å². The molecule has 5 heteroatoms. The van der Waals surface area contributed by atoms with Gasteiger partial charge in [-0.05, 0) is 18.6 Å². The Morgan fingerprint density at radius 1 is 1.47 bits per heavy atom. The second-order valence-electron chi connectivity index (χ2n) is 4.79. The first kappa shape index (κ1) is 11.8. The highest BCUT2D eigenvalue weighted by Crippen LogP contribution is 2.21. The predicted octanol–water partition coefficient (Wildman–Crippen LogP) is 1.78. The van der Waals surface area contributed by atoms with Crippen molar-refractivity contribution in [3.8, 4) is 0 Å². The Balaban J connectivity index is 1.87. The van der Waals surface area contributed by atoms with Crippen molar-refractivity contribution >= 4 is 22.9 Å². The lowest BCUT2D eigenvalue weighted by Gasteiger charge is -2.26. The van der Waals surface area contributed by atoms with Gasteiger partial charge in [-0.2, -0.15) is 0 Å². The van der Waals surface area contributed by atoms with Crippen molar-refractivity contribution in [1.29, 1.82) is 0 Å². The molecule has 0 radical (unpaired) electrons. The van der Waals surface area contributed by atoms with Gasteiger partial charge in [0.05, 0.1) is 17.1 Å². The van der Waals surface area contributed by atoms with Gasteiger partial charge in [-0.15, -0.1) is 0 Å². The fourth-order valence-corrected chi connectivity index (χ4v) is 2.37. The fourth-order valence-electron chi connectivity index (χ4n) is 2.37. The minimum Gasteiger partial charge on any atom is -0.347 e. The van der Waals surface area contributed by atoms with Gasteiger partial charge in [0.15, 0.2) is 0 Å². The van der Waals surface area contributed by atoms with Gasteiger partial charge >= 0.3 is 0 Å². The first-order valence-corrected chi connectivity index (χ1v) is 6.32. The lowest BCUT2D eigenvalue weighted by molar-refractivity contribution is -0.121. The third-order valence-corrected chi connectivity index (χ3v) is 3.47. The Morgan fingerprint density at radius 2 is 2.26 bits per heavy atom. The summed E-state index contributed by atoms with van der Waals surface area (Å²) < 4.78 is 2.01. The maximum atomic E-state index is 11.3. The number of anilines is 1. The normalized spacial score (nSPS) is 19.5. The van der Waals surface area contributed by atoms with Crippen LogP contribution in [0.1, 0.15) is 12.8 Å². The molecule has 1 aromatic heterocycles. The average molecular weight is 256 g/mol. The molecule has 1 aliphatic heterocycles. The third-order valence-electron chi connectivity index (χ3n) is 3.47. The Labute approximate surface area is 111 Å². The van der Waals surface area contributed by atoms with Crippen molar-refractivity contribution in [2.45, 2.75) is 18.9 Å². The number of piperidine rings is 1. The minimum absolute atomic E-state index is 0.0352. The van der Waals surface area contributed by atoms with E-state index in [1.165, 1.54) is 0 Å². The van der Waals surface area contributed by atoms with Gasteiger partial charge in [0, 0.05) is 19.2 Å². The molecule has 0 spiro atoms. The molecule has 2 heterocycles. The maximum absolute atomic E-state index is 11.3. The molecule has 1 unspecified atom stereocenters. The summed E-state index contributed by atoms with van der Waals surface area (Å²) in [7, 11) is 1.97. The number of amides is 1. The van der Waals surface area contributed by atoms with E-state index < -0.39 is 0 Å². The zero-order chi connectivity index (χ0) is 13.4. The molecule has 19 heavy (non-hydrogen) atoms. The van der Waals surface area contributed by atoms with Crippen molar-refractivity contribution < 1.29 is 4.79 Å². The molecular formula is C14H16N4O. The lowest BCUT2D eigenvalue weighted by atomic mass is 10.0. The SMILES string of the molecule is C=C1NC(=O)CCC1Nc1nc2ccccc2n1C. The molecule has 2 aromatic rings. The number of imidazole rings is 1. The first-order valence-electron chi connectivity index (χ1n) is 6.32. The topological polar surface area (TPSA) is 59.0 Å². The van der Waals surface area contributed by atoms with Crippen molar-refractivity contribution in [3.63, 3.8) is 0 Å². The summed E-state index contributed by atoms with van der Waals surface area (Å²) in [4.78, 5) is 15.8. The van der Waals surface area contributed by atoms with Crippen LogP contribution in [0.3, 0.4) is 0 Å². The molecule has 1 fully saturated rings. The van der Waals surface area contributed by atoms with Crippen LogP contribution in [0.2, 0.25) is 0 Å². The number of aromatic nitrogens is 2. The Bertz CT molecular complexity index is 659. The van der Waals surface area contributed by atoms with E-state index in [2.05, 4.69) is 22.2 Å². The standard InChI is InChI=1S/C14H16N4O/c1-9-10(7-8-13(19)15-9)16-14-17-11-5-3-4-6-12(11)18(14)2/h3-6,10H,1,7-8H2,2H3,(H,15,19)(H,16,17). The van der Waals surface area contributed by atoms with E-state index in [1.54, 1.807) is 0 Å². The van der Waals surface area contributed by atoms with Crippen LogP contribution in [0.4, 0.5) is 5.95 Å². The van der Waals surface area contributed by atoms with Crippen LogP contribution in [0.15, 0.2) is 36.5 Å². The summed E-state index contributed by atoms with van der Waals surface area (Å²) in [5.74, 6) is 0.830. The van der Waals surface area contributed by atoms with Crippen LogP contribution in [-0.4, -0.2) is 21.5 Å². The predicted molar refractivity (Wildman–Crippen MR) is 74.6 cm³/mol. The number of aryl methyl sites for hydroxylation is 1. The van der Waals surface area contributed by atoms with Crippen LogP contribution >= 0.6 is 0 Å². The van der Waals surface area contributed by atoms with Crippen molar-refractivity contribution in [1.82, 2.24) is 14.9 Å². The summed E-state index contributed by atoms with van der Waals surface area (Å²) in [5.41, 5.74) is 2.75. The van der Waals surface area contributed by atoms with Gasteiger partial charge < -0.3 is 15.2 Å². The quantitative estimate of drug-likeness (QED) is 0.861. The van der Waals surface area contributed by atoms with Crippen LogP contribution in [0, 0.1) is 0 Å². The van der Waals surface area contributed by atoms with Crippen LogP contribution in [-0.2, 0) is 11.8 Å². The molecule has 0 saturated carbocycles.